The summed E-state index contributed by atoms with van der Waals surface area (Å²) in [6, 6.07) is 7.37. The molecular formula is C34H29Cl2NO9. The van der Waals surface area contributed by atoms with Gasteiger partial charge in [0.25, 0.3) is 5.91 Å². The lowest BCUT2D eigenvalue weighted by atomic mass is 9.67. The number of allylic oxidation sites excluding steroid dienone is 2. The van der Waals surface area contributed by atoms with Crippen LogP contribution in [0.15, 0.2) is 42.2 Å². The summed E-state index contributed by atoms with van der Waals surface area (Å²) in [5.74, 6) is -5.50. The number of hydrogen-bond donors (Lipinski definition) is 2. The number of nitrogens with one attached hydrogen (secondary N) is 1. The Morgan fingerprint density at radius 3 is 2.37 bits per heavy atom. The average Bonchev–Trinajstić information content (AvgIpc) is 3.29. The molecule has 10 nitrogen and oxygen atoms in total. The highest BCUT2D eigenvalue weighted by molar-refractivity contribution is 6.35. The number of esters is 1. The maximum Gasteiger partial charge on any atom is 0.343 e. The van der Waals surface area contributed by atoms with Crippen molar-refractivity contribution in [2.24, 2.45) is 5.92 Å². The molecule has 1 amide bonds. The fourth-order valence-electron chi connectivity index (χ4n) is 5.94. The number of halogens is 2. The third-order valence-corrected chi connectivity index (χ3v) is 9.12. The zero-order chi connectivity index (χ0) is 33.8. The number of aryl methyl sites for hydroxylation is 1. The van der Waals surface area contributed by atoms with Gasteiger partial charge in [0.05, 0.1) is 23.3 Å². The molecule has 5 rings (SSSR count). The van der Waals surface area contributed by atoms with E-state index >= 15 is 0 Å². The molecule has 0 bridgehead atoms. The number of phenols is 1. The Kier molecular flexibility index (Phi) is 8.48. The second-order valence-electron chi connectivity index (χ2n) is 11.3. The summed E-state index contributed by atoms with van der Waals surface area (Å²) in [6.07, 6.45) is 1.06. The fraction of sp³-hybridized carbons (Fsp3) is 0.265. The smallest absolute Gasteiger partial charge is 0.343 e. The van der Waals surface area contributed by atoms with Gasteiger partial charge in [-0.1, -0.05) is 23.2 Å². The minimum Gasteiger partial charge on any atom is -0.507 e. The number of amides is 1. The van der Waals surface area contributed by atoms with E-state index in [1.165, 1.54) is 32.2 Å². The van der Waals surface area contributed by atoms with Crippen LogP contribution in [0.3, 0.4) is 0 Å². The van der Waals surface area contributed by atoms with Gasteiger partial charge in [-0.2, -0.15) is 0 Å². The molecule has 0 spiro atoms. The second-order valence-corrected chi connectivity index (χ2v) is 12.2. The lowest BCUT2D eigenvalue weighted by Crippen LogP contribution is -2.47. The number of aromatic hydroxyl groups is 1. The molecule has 0 aromatic heterocycles. The number of ether oxygens (including phenoxy) is 3. The van der Waals surface area contributed by atoms with Crippen molar-refractivity contribution in [1.82, 2.24) is 5.32 Å². The van der Waals surface area contributed by atoms with Gasteiger partial charge in [-0.25, -0.2) is 4.79 Å². The molecule has 46 heavy (non-hydrogen) atoms. The van der Waals surface area contributed by atoms with E-state index < -0.39 is 46.3 Å². The third-order valence-electron chi connectivity index (χ3n) is 8.59. The van der Waals surface area contributed by atoms with Crippen molar-refractivity contribution in [3.05, 3.63) is 91.2 Å². The zero-order valence-corrected chi connectivity index (χ0v) is 27.2. The van der Waals surface area contributed by atoms with Crippen LogP contribution < -0.4 is 19.5 Å². The van der Waals surface area contributed by atoms with Crippen LogP contribution in [0.1, 0.15) is 62.4 Å². The molecule has 2 aliphatic rings. The second kappa shape index (κ2) is 11.9. The van der Waals surface area contributed by atoms with E-state index in [-0.39, 0.29) is 45.7 Å². The SMILES string of the molecule is COc1cc(O)c2c(c1C(=O)NCc1c(C)cc(C(=O)Oc3ccc(Cl)cc3Cl)c(C)c1C)OC1=CC(=O)C(C(C)=O)C(=O)[C@]12C. The van der Waals surface area contributed by atoms with Gasteiger partial charge in [-0.15, -0.1) is 0 Å². The van der Waals surface area contributed by atoms with Gasteiger partial charge in [0.1, 0.15) is 45.7 Å². The lowest BCUT2D eigenvalue weighted by Gasteiger charge is -2.30. The first-order valence-electron chi connectivity index (χ1n) is 14.1. The maximum atomic E-state index is 13.8. The van der Waals surface area contributed by atoms with Crippen molar-refractivity contribution in [2.45, 2.75) is 46.6 Å². The molecule has 2 N–H and O–H groups in total. The number of Topliss-reactive ketones (excluding diaryl/α,β-unsaturated/α-hetero) is 2. The number of fused-ring (bicyclic) bond motifs is 3. The average molecular weight is 667 g/mol. The Labute approximate surface area is 274 Å². The van der Waals surface area contributed by atoms with Crippen LogP contribution >= 0.6 is 23.2 Å². The van der Waals surface area contributed by atoms with E-state index in [2.05, 4.69) is 5.32 Å². The van der Waals surface area contributed by atoms with E-state index in [4.69, 9.17) is 37.4 Å². The number of hydrogen-bond acceptors (Lipinski definition) is 9. The van der Waals surface area contributed by atoms with Crippen LogP contribution in [-0.2, 0) is 26.3 Å². The molecule has 0 fully saturated rings. The molecule has 1 unspecified atom stereocenters. The first-order chi connectivity index (χ1) is 21.6. The van der Waals surface area contributed by atoms with Crippen LogP contribution in [0.2, 0.25) is 10.0 Å². The summed E-state index contributed by atoms with van der Waals surface area (Å²) in [6.45, 7) is 7.96. The van der Waals surface area contributed by atoms with Crippen molar-refractivity contribution in [1.29, 1.82) is 0 Å². The number of carbonyl (C=O) groups is 5. The normalized spacial score (nSPS) is 18.3. The first-order valence-corrected chi connectivity index (χ1v) is 14.9. The summed E-state index contributed by atoms with van der Waals surface area (Å²) in [4.78, 5) is 65.2. The topological polar surface area (TPSA) is 145 Å². The summed E-state index contributed by atoms with van der Waals surface area (Å²) in [5, 5.41) is 14.4. The highest BCUT2D eigenvalue weighted by Gasteiger charge is 2.58. The van der Waals surface area contributed by atoms with Crippen LogP contribution in [0.4, 0.5) is 0 Å². The molecule has 3 aromatic rings. The van der Waals surface area contributed by atoms with Crippen molar-refractivity contribution in [3.8, 4) is 23.0 Å². The van der Waals surface area contributed by atoms with E-state index in [1.807, 2.05) is 6.92 Å². The van der Waals surface area contributed by atoms with Crippen LogP contribution in [0.25, 0.3) is 0 Å². The number of ketones is 3. The van der Waals surface area contributed by atoms with E-state index in [0.717, 1.165) is 24.1 Å². The largest absolute Gasteiger partial charge is 0.507 e. The molecule has 3 aromatic carbocycles. The van der Waals surface area contributed by atoms with Gasteiger partial charge in [0.2, 0.25) is 0 Å². The Bertz CT molecular complexity index is 1930. The lowest BCUT2D eigenvalue weighted by molar-refractivity contribution is -0.140. The summed E-state index contributed by atoms with van der Waals surface area (Å²) < 4.78 is 16.8. The number of benzene rings is 3. The van der Waals surface area contributed by atoms with E-state index in [9.17, 15) is 29.1 Å². The molecule has 1 aliphatic heterocycles. The monoisotopic (exact) mass is 665 g/mol. The molecule has 12 heteroatoms. The summed E-state index contributed by atoms with van der Waals surface area (Å²) in [7, 11) is 1.30. The minimum absolute atomic E-state index is 0.0261. The standard InChI is InChI=1S/C34H29Cl2NO9/c1-14-9-19(33(43)45-24-8-7-18(35)10-21(24)36)15(2)16(3)20(14)13-37-32(42)28-25(44-6)11-23(40)29-30(28)46-26-12-22(39)27(17(4)38)31(41)34(26,29)5/h7-12,27,40H,13H2,1-6H3,(H,37,42)/t27?,34-/m1/s1. The Morgan fingerprint density at radius 2 is 1.74 bits per heavy atom. The maximum absolute atomic E-state index is 13.8. The Hall–Kier alpha value is -4.67. The first kappa shape index (κ1) is 32.7. The van der Waals surface area contributed by atoms with Gasteiger partial charge >= 0.3 is 5.97 Å². The van der Waals surface area contributed by atoms with Gasteiger partial charge in [0.15, 0.2) is 17.3 Å². The molecule has 0 radical (unpaired) electrons. The van der Waals surface area contributed by atoms with Crippen LogP contribution in [-0.4, -0.2) is 41.4 Å². The predicted octanol–water partition coefficient (Wildman–Crippen LogP) is 5.67. The highest BCUT2D eigenvalue weighted by Crippen LogP contribution is 2.56. The molecule has 0 saturated carbocycles. The fourth-order valence-corrected chi connectivity index (χ4v) is 6.39. The summed E-state index contributed by atoms with van der Waals surface area (Å²) >= 11 is 12.1. The molecule has 1 aliphatic carbocycles. The molecule has 1 heterocycles. The number of phenolic OH excluding ortho intramolecular Hbond substituents is 1. The van der Waals surface area contributed by atoms with E-state index in [1.54, 1.807) is 26.0 Å². The highest BCUT2D eigenvalue weighted by atomic mass is 35.5. The van der Waals surface area contributed by atoms with E-state index in [0.29, 0.717) is 21.7 Å². The summed E-state index contributed by atoms with van der Waals surface area (Å²) in [5.41, 5.74) is 1.26. The molecule has 238 valence electrons. The zero-order valence-electron chi connectivity index (χ0n) is 25.7. The van der Waals surface area contributed by atoms with Gasteiger partial charge in [-0.05, 0) is 81.1 Å². The van der Waals surface area contributed by atoms with Crippen molar-refractivity contribution < 1.29 is 43.3 Å². The molecule has 2 atom stereocenters. The predicted molar refractivity (Wildman–Crippen MR) is 168 cm³/mol. The third kappa shape index (κ3) is 5.21. The Balaban J connectivity index is 1.46. The Morgan fingerprint density at radius 1 is 1.04 bits per heavy atom. The number of carbonyl (C=O) groups excluding carboxylic acids is 5. The minimum atomic E-state index is -1.68. The van der Waals surface area contributed by atoms with Gasteiger partial charge in [0, 0.05) is 23.7 Å². The van der Waals surface area contributed by atoms with Crippen LogP contribution in [0.5, 0.6) is 23.0 Å². The van der Waals surface area contributed by atoms with Gasteiger partial charge in [-0.3, -0.25) is 19.2 Å². The van der Waals surface area contributed by atoms with Gasteiger partial charge < -0.3 is 24.6 Å². The number of methoxy groups -OCH3 is 1. The van der Waals surface area contributed by atoms with Crippen molar-refractivity contribution in [2.75, 3.05) is 7.11 Å². The van der Waals surface area contributed by atoms with Crippen molar-refractivity contribution in [3.63, 3.8) is 0 Å². The molecule has 0 saturated heterocycles. The molecular weight excluding hydrogens is 637 g/mol. The number of rotatable bonds is 7. The van der Waals surface area contributed by atoms with Crippen molar-refractivity contribution >= 4 is 52.4 Å². The quantitative estimate of drug-likeness (QED) is 0.185. The van der Waals surface area contributed by atoms with Crippen LogP contribution in [0, 0.1) is 26.7 Å².